The highest BCUT2D eigenvalue weighted by Gasteiger charge is 2.24. The number of benzene rings is 1. The van der Waals surface area contributed by atoms with E-state index in [4.69, 9.17) is 16.6 Å². The van der Waals surface area contributed by atoms with Gasteiger partial charge in [0.05, 0.1) is 11.6 Å². The molecule has 1 aromatic carbocycles. The Morgan fingerprint density at radius 2 is 1.95 bits per heavy atom. The summed E-state index contributed by atoms with van der Waals surface area (Å²) in [6, 6.07) is 10.5. The van der Waals surface area contributed by atoms with Crippen LogP contribution in [-0.2, 0) is 5.88 Å². The van der Waals surface area contributed by atoms with Crippen LogP contribution >= 0.6 is 23.4 Å². The highest BCUT2D eigenvalue weighted by Crippen LogP contribution is 2.32. The lowest BCUT2D eigenvalue weighted by molar-refractivity contribution is 0.720. The molecular formula is C16H19ClN2S. The summed E-state index contributed by atoms with van der Waals surface area (Å²) >= 11 is 8.07. The van der Waals surface area contributed by atoms with Gasteiger partial charge in [0.1, 0.15) is 5.82 Å². The average Bonchev–Trinajstić information content (AvgIpc) is 2.45. The Labute approximate surface area is 129 Å². The number of anilines is 1. The van der Waals surface area contributed by atoms with Crippen molar-refractivity contribution in [3.05, 3.63) is 36.0 Å². The van der Waals surface area contributed by atoms with Crippen LogP contribution in [0.4, 0.5) is 5.82 Å². The summed E-state index contributed by atoms with van der Waals surface area (Å²) < 4.78 is 0. The summed E-state index contributed by atoms with van der Waals surface area (Å²) in [5, 5.41) is 3.73. The van der Waals surface area contributed by atoms with E-state index in [-0.39, 0.29) is 0 Å². The molecule has 4 heteroatoms. The van der Waals surface area contributed by atoms with Crippen LogP contribution < -0.4 is 4.90 Å². The number of pyridine rings is 1. The molecule has 1 fully saturated rings. The molecule has 0 bridgehead atoms. The minimum absolute atomic E-state index is 0.464. The van der Waals surface area contributed by atoms with Crippen LogP contribution in [0.1, 0.15) is 19.5 Å². The van der Waals surface area contributed by atoms with Crippen LogP contribution in [0.2, 0.25) is 0 Å². The quantitative estimate of drug-likeness (QED) is 0.769. The van der Waals surface area contributed by atoms with Crippen molar-refractivity contribution in [1.29, 1.82) is 0 Å². The standard InChI is InChI=1S/C16H19ClN2S/c1-11-9-19(10-12(2)20-11)16-15-6-4-3-5-13(15)7-14(8-17)18-16/h3-7,11-12H,8-10H2,1-2H3. The molecule has 106 valence electrons. The number of fused-ring (bicyclic) bond motifs is 1. The van der Waals surface area contributed by atoms with Crippen molar-refractivity contribution in [2.45, 2.75) is 30.2 Å². The summed E-state index contributed by atoms with van der Waals surface area (Å²) in [4.78, 5) is 7.22. The third-order valence-corrected chi connectivity index (χ3v) is 5.13. The second kappa shape index (κ2) is 5.82. The molecule has 0 amide bonds. The second-order valence-corrected chi connectivity index (χ2v) is 7.60. The number of alkyl halides is 1. The number of hydrogen-bond donors (Lipinski definition) is 0. The van der Waals surface area contributed by atoms with E-state index >= 15 is 0 Å². The van der Waals surface area contributed by atoms with Crippen molar-refractivity contribution in [2.75, 3.05) is 18.0 Å². The average molecular weight is 307 g/mol. The number of nitrogens with zero attached hydrogens (tertiary/aromatic N) is 2. The van der Waals surface area contributed by atoms with Gasteiger partial charge in [-0.2, -0.15) is 11.8 Å². The molecule has 2 aromatic rings. The zero-order chi connectivity index (χ0) is 14.1. The highest BCUT2D eigenvalue weighted by atomic mass is 35.5. The predicted molar refractivity (Wildman–Crippen MR) is 90.0 cm³/mol. The monoisotopic (exact) mass is 306 g/mol. The zero-order valence-corrected chi connectivity index (χ0v) is 13.4. The Bertz CT molecular complexity index is 606. The van der Waals surface area contributed by atoms with E-state index in [1.165, 1.54) is 10.8 Å². The fourth-order valence-corrected chi connectivity index (χ4v) is 4.36. The molecule has 0 radical (unpaired) electrons. The molecule has 0 N–H and O–H groups in total. The van der Waals surface area contributed by atoms with E-state index < -0.39 is 0 Å². The Morgan fingerprint density at radius 1 is 1.25 bits per heavy atom. The Kier molecular flexibility index (Phi) is 4.08. The Hall–Kier alpha value is -0.930. The van der Waals surface area contributed by atoms with E-state index in [1.807, 2.05) is 0 Å². The molecule has 20 heavy (non-hydrogen) atoms. The van der Waals surface area contributed by atoms with E-state index in [0.29, 0.717) is 16.4 Å². The van der Waals surface area contributed by atoms with Gasteiger partial charge in [0.25, 0.3) is 0 Å². The van der Waals surface area contributed by atoms with Gasteiger partial charge in [-0.05, 0) is 11.5 Å². The van der Waals surface area contributed by atoms with Crippen LogP contribution in [-0.4, -0.2) is 28.6 Å². The molecule has 0 aliphatic carbocycles. The van der Waals surface area contributed by atoms with Crippen molar-refractivity contribution in [3.8, 4) is 0 Å². The second-order valence-electron chi connectivity index (χ2n) is 5.45. The topological polar surface area (TPSA) is 16.1 Å². The summed E-state index contributed by atoms with van der Waals surface area (Å²) in [6.45, 7) is 6.69. The molecule has 2 nitrogen and oxygen atoms in total. The smallest absolute Gasteiger partial charge is 0.136 e. The SMILES string of the molecule is CC1CN(c2nc(CCl)cc3ccccc23)CC(C)S1. The lowest BCUT2D eigenvalue weighted by Gasteiger charge is -2.36. The molecule has 0 saturated carbocycles. The van der Waals surface area contributed by atoms with Crippen LogP contribution in [0.3, 0.4) is 0 Å². The van der Waals surface area contributed by atoms with E-state index in [2.05, 4.69) is 60.8 Å². The number of hydrogen-bond acceptors (Lipinski definition) is 3. The number of thioether (sulfide) groups is 1. The Morgan fingerprint density at radius 3 is 2.65 bits per heavy atom. The van der Waals surface area contributed by atoms with E-state index in [9.17, 15) is 0 Å². The predicted octanol–water partition coefficient (Wildman–Crippen LogP) is 4.30. The van der Waals surface area contributed by atoms with Crippen LogP contribution in [0.25, 0.3) is 10.8 Å². The van der Waals surface area contributed by atoms with Crippen molar-refractivity contribution >= 4 is 40.0 Å². The lowest BCUT2D eigenvalue weighted by atomic mass is 10.1. The molecular weight excluding hydrogens is 288 g/mol. The zero-order valence-electron chi connectivity index (χ0n) is 11.8. The Balaban J connectivity index is 2.09. The first kappa shape index (κ1) is 14.0. The number of rotatable bonds is 2. The first-order valence-electron chi connectivity index (χ1n) is 7.02. The highest BCUT2D eigenvalue weighted by molar-refractivity contribution is 8.00. The van der Waals surface area contributed by atoms with Crippen LogP contribution in [0.15, 0.2) is 30.3 Å². The van der Waals surface area contributed by atoms with Crippen molar-refractivity contribution in [2.24, 2.45) is 0 Å². The van der Waals surface area contributed by atoms with Crippen molar-refractivity contribution in [3.63, 3.8) is 0 Å². The minimum atomic E-state index is 0.464. The van der Waals surface area contributed by atoms with Gasteiger partial charge in [-0.1, -0.05) is 38.1 Å². The van der Waals surface area contributed by atoms with Gasteiger partial charge in [0.2, 0.25) is 0 Å². The van der Waals surface area contributed by atoms with E-state index in [0.717, 1.165) is 24.6 Å². The summed E-state index contributed by atoms with van der Waals surface area (Å²) in [7, 11) is 0. The molecule has 3 rings (SSSR count). The molecule has 2 atom stereocenters. The maximum absolute atomic E-state index is 6.01. The van der Waals surface area contributed by atoms with Crippen molar-refractivity contribution < 1.29 is 0 Å². The fourth-order valence-electron chi connectivity index (χ4n) is 2.89. The normalized spacial score (nSPS) is 23.2. The summed E-state index contributed by atoms with van der Waals surface area (Å²) in [5.74, 6) is 1.56. The molecule has 1 aliphatic heterocycles. The number of halogens is 1. The molecule has 0 spiro atoms. The van der Waals surface area contributed by atoms with Crippen LogP contribution in [0, 0.1) is 0 Å². The summed E-state index contributed by atoms with van der Waals surface area (Å²) in [5.41, 5.74) is 0.957. The first-order chi connectivity index (χ1) is 9.67. The molecule has 1 saturated heterocycles. The van der Waals surface area contributed by atoms with Gasteiger partial charge in [0.15, 0.2) is 0 Å². The van der Waals surface area contributed by atoms with Crippen molar-refractivity contribution in [1.82, 2.24) is 4.98 Å². The fraction of sp³-hybridized carbons (Fsp3) is 0.438. The first-order valence-corrected chi connectivity index (χ1v) is 8.50. The van der Waals surface area contributed by atoms with E-state index in [1.54, 1.807) is 0 Å². The maximum Gasteiger partial charge on any atom is 0.136 e. The lowest BCUT2D eigenvalue weighted by Crippen LogP contribution is -2.41. The third kappa shape index (κ3) is 2.75. The summed E-state index contributed by atoms with van der Waals surface area (Å²) in [6.07, 6.45) is 0. The van der Waals surface area contributed by atoms with Gasteiger partial charge >= 0.3 is 0 Å². The van der Waals surface area contributed by atoms with Gasteiger partial charge < -0.3 is 4.90 Å². The molecule has 1 aliphatic rings. The van der Waals surface area contributed by atoms with Gasteiger partial charge in [0, 0.05) is 29.0 Å². The maximum atomic E-state index is 6.01. The largest absolute Gasteiger partial charge is 0.354 e. The molecule has 2 unspecified atom stereocenters. The minimum Gasteiger partial charge on any atom is -0.354 e. The van der Waals surface area contributed by atoms with Crippen LogP contribution in [0.5, 0.6) is 0 Å². The molecule has 2 heterocycles. The van der Waals surface area contributed by atoms with Gasteiger partial charge in [-0.3, -0.25) is 0 Å². The third-order valence-electron chi connectivity index (χ3n) is 3.63. The molecule has 1 aromatic heterocycles. The van der Waals surface area contributed by atoms with Gasteiger partial charge in [-0.15, -0.1) is 11.6 Å². The number of aromatic nitrogens is 1. The van der Waals surface area contributed by atoms with Gasteiger partial charge in [-0.25, -0.2) is 4.98 Å².